The number of hydrogen-bond donors (Lipinski definition) is 1. The lowest BCUT2D eigenvalue weighted by atomic mass is 9.86. The fourth-order valence-corrected chi connectivity index (χ4v) is 5.87. The second-order valence-electron chi connectivity index (χ2n) is 9.92. The fourth-order valence-electron chi connectivity index (χ4n) is 5.68. The van der Waals surface area contributed by atoms with Crippen LogP contribution in [0.2, 0.25) is 5.28 Å². The Kier molecular flexibility index (Phi) is 5.96. The van der Waals surface area contributed by atoms with Gasteiger partial charge < -0.3 is 19.9 Å². The van der Waals surface area contributed by atoms with Crippen molar-refractivity contribution in [2.75, 3.05) is 31.6 Å². The molecule has 36 heavy (non-hydrogen) atoms. The minimum absolute atomic E-state index is 0.00118. The Morgan fingerprint density at radius 3 is 2.53 bits per heavy atom. The summed E-state index contributed by atoms with van der Waals surface area (Å²) in [6.45, 7) is 5.49. The summed E-state index contributed by atoms with van der Waals surface area (Å²) in [7, 11) is 0. The Bertz CT molecular complexity index is 1190. The highest BCUT2D eigenvalue weighted by Gasteiger charge is 2.51. The van der Waals surface area contributed by atoms with Crippen molar-refractivity contribution in [3.8, 4) is 0 Å². The van der Waals surface area contributed by atoms with Crippen molar-refractivity contribution in [3.63, 3.8) is 0 Å². The summed E-state index contributed by atoms with van der Waals surface area (Å²) in [5.74, 6) is -0.581. The van der Waals surface area contributed by atoms with Gasteiger partial charge in [0.1, 0.15) is 11.6 Å². The molecule has 0 saturated carbocycles. The molecule has 2 amide bonds. The van der Waals surface area contributed by atoms with Crippen LogP contribution in [0.15, 0.2) is 18.2 Å². The highest BCUT2D eigenvalue weighted by Crippen LogP contribution is 2.38. The Morgan fingerprint density at radius 2 is 1.86 bits per heavy atom. The van der Waals surface area contributed by atoms with Gasteiger partial charge in [-0.25, -0.2) is 27.9 Å². The molecule has 0 radical (unpaired) electrons. The molecule has 0 aliphatic carbocycles. The molecule has 1 N–H and O–H groups in total. The van der Waals surface area contributed by atoms with Crippen molar-refractivity contribution in [1.82, 2.24) is 24.7 Å². The number of halogens is 4. The molecule has 4 fully saturated rings. The van der Waals surface area contributed by atoms with Gasteiger partial charge in [0.05, 0.1) is 49.6 Å². The van der Waals surface area contributed by atoms with Crippen LogP contribution >= 0.6 is 11.6 Å². The van der Waals surface area contributed by atoms with Crippen LogP contribution in [-0.2, 0) is 17.8 Å². The number of piperazine rings is 1. The van der Waals surface area contributed by atoms with Crippen LogP contribution < -0.4 is 5.32 Å². The summed E-state index contributed by atoms with van der Waals surface area (Å²) >= 11 is 6.16. The molecule has 192 valence electrons. The van der Waals surface area contributed by atoms with Crippen LogP contribution in [0.4, 0.5) is 23.8 Å². The van der Waals surface area contributed by atoms with Gasteiger partial charge in [0, 0.05) is 36.3 Å². The average molecular weight is 523 g/mol. The normalized spacial score (nSPS) is 24.4. The van der Waals surface area contributed by atoms with Gasteiger partial charge in [0.15, 0.2) is 0 Å². The zero-order valence-electron chi connectivity index (χ0n) is 19.6. The van der Waals surface area contributed by atoms with E-state index >= 15 is 0 Å². The van der Waals surface area contributed by atoms with E-state index in [-0.39, 0.29) is 35.5 Å². The fraction of sp³-hybridized carbons (Fsp3) is 0.542. The summed E-state index contributed by atoms with van der Waals surface area (Å²) in [5, 5.41) is 3.10. The monoisotopic (exact) mass is 522 g/mol. The maximum Gasteiger partial charge on any atom is 0.321 e. The third-order valence-electron chi connectivity index (χ3n) is 7.72. The van der Waals surface area contributed by atoms with Gasteiger partial charge in [0.25, 0.3) is 6.43 Å². The summed E-state index contributed by atoms with van der Waals surface area (Å²) in [6, 6.07) is 4.07. The molecule has 3 atom stereocenters. The van der Waals surface area contributed by atoms with Crippen molar-refractivity contribution >= 4 is 23.4 Å². The average Bonchev–Trinajstić information content (AvgIpc) is 3.22. The molecule has 2 bridgehead atoms. The molecule has 8 nitrogen and oxygen atoms in total. The first kappa shape index (κ1) is 23.7. The standard InChI is InChI=1S/C24H26ClF3N6O2/c1-12(16-3-2-4-17(20(16)26)21(27)28)29-22-18-8-33(9-19(18)30-23(25)31-22)24(35)34-13-5-14(34)7-32(6-13)15-10-36-11-15/h2-4,12-15,21H,5-11H2,1H3,(H,29,30,31)/t12-,13?,14?/m1/s1. The SMILES string of the molecule is C[C@@H](Nc1nc(Cl)nc2c1CN(C(=O)N1C3CC1CN(C1COC1)C3)C2)c1cccc(C(F)F)c1F. The molecule has 1 aromatic heterocycles. The Labute approximate surface area is 211 Å². The predicted molar refractivity (Wildman–Crippen MR) is 125 cm³/mol. The molecular weight excluding hydrogens is 497 g/mol. The van der Waals surface area contributed by atoms with E-state index in [0.717, 1.165) is 38.8 Å². The molecule has 12 heteroatoms. The highest BCUT2D eigenvalue weighted by molar-refractivity contribution is 6.28. The quantitative estimate of drug-likeness (QED) is 0.599. The molecule has 0 spiro atoms. The van der Waals surface area contributed by atoms with E-state index in [2.05, 4.69) is 20.2 Å². The van der Waals surface area contributed by atoms with Crippen molar-refractivity contribution in [1.29, 1.82) is 0 Å². The minimum Gasteiger partial charge on any atom is -0.378 e. The number of ether oxygens (including phenoxy) is 1. The van der Waals surface area contributed by atoms with Crippen molar-refractivity contribution in [2.24, 2.45) is 0 Å². The van der Waals surface area contributed by atoms with E-state index in [1.165, 1.54) is 12.1 Å². The number of nitrogens with zero attached hydrogens (tertiary/aromatic N) is 5. The maximum absolute atomic E-state index is 14.7. The van der Waals surface area contributed by atoms with Crippen molar-refractivity contribution in [3.05, 3.63) is 51.7 Å². The Hall–Kier alpha value is -2.63. The molecule has 6 heterocycles. The maximum atomic E-state index is 14.7. The van der Waals surface area contributed by atoms with Crippen LogP contribution in [0.5, 0.6) is 0 Å². The van der Waals surface area contributed by atoms with E-state index in [9.17, 15) is 18.0 Å². The molecule has 2 aromatic rings. The van der Waals surface area contributed by atoms with E-state index in [4.69, 9.17) is 16.3 Å². The van der Waals surface area contributed by atoms with Crippen molar-refractivity contribution in [2.45, 2.75) is 57.0 Å². The summed E-state index contributed by atoms with van der Waals surface area (Å²) in [4.78, 5) is 28.2. The van der Waals surface area contributed by atoms with E-state index in [0.29, 0.717) is 29.7 Å². The number of urea groups is 1. The number of rotatable bonds is 5. The lowest BCUT2D eigenvalue weighted by molar-refractivity contribution is -0.123. The Morgan fingerprint density at radius 1 is 1.14 bits per heavy atom. The molecule has 2 unspecified atom stereocenters. The van der Waals surface area contributed by atoms with Gasteiger partial charge in [-0.05, 0) is 24.9 Å². The first-order chi connectivity index (χ1) is 17.3. The number of carbonyl (C=O) groups is 1. The van der Waals surface area contributed by atoms with Crippen LogP contribution in [0.25, 0.3) is 0 Å². The third-order valence-corrected chi connectivity index (χ3v) is 7.89. The van der Waals surface area contributed by atoms with Gasteiger partial charge in [-0.15, -0.1) is 0 Å². The van der Waals surface area contributed by atoms with Crippen molar-refractivity contribution < 1.29 is 22.7 Å². The summed E-state index contributed by atoms with van der Waals surface area (Å²) < 4.78 is 46.4. The van der Waals surface area contributed by atoms with E-state index in [1.807, 2.05) is 4.90 Å². The number of anilines is 1. The number of alkyl halides is 2. The third kappa shape index (κ3) is 3.97. The number of piperidine rings is 1. The van der Waals surface area contributed by atoms with Gasteiger partial charge in [-0.1, -0.05) is 18.2 Å². The van der Waals surface area contributed by atoms with Crippen LogP contribution in [0.1, 0.15) is 48.2 Å². The molecule has 7 rings (SSSR count). The van der Waals surface area contributed by atoms with Crippen LogP contribution in [0.3, 0.4) is 0 Å². The molecule has 5 aliphatic rings. The number of benzene rings is 1. The first-order valence-corrected chi connectivity index (χ1v) is 12.4. The molecule has 1 aromatic carbocycles. The zero-order valence-corrected chi connectivity index (χ0v) is 20.4. The number of aromatic nitrogens is 2. The molecule has 5 aliphatic heterocycles. The van der Waals surface area contributed by atoms with Gasteiger partial charge in [-0.3, -0.25) is 4.90 Å². The van der Waals surface area contributed by atoms with E-state index < -0.39 is 23.8 Å². The molecular formula is C24H26ClF3N6O2. The largest absolute Gasteiger partial charge is 0.378 e. The number of nitrogens with one attached hydrogen (secondary N) is 1. The van der Waals surface area contributed by atoms with Gasteiger partial charge >= 0.3 is 6.03 Å². The second kappa shape index (κ2) is 9.04. The van der Waals surface area contributed by atoms with E-state index in [1.54, 1.807) is 11.8 Å². The Balaban J connectivity index is 1.17. The van der Waals surface area contributed by atoms with Gasteiger partial charge in [-0.2, -0.15) is 0 Å². The van der Waals surface area contributed by atoms with Crippen LogP contribution in [-0.4, -0.2) is 75.1 Å². The number of amides is 2. The number of hydrogen-bond acceptors (Lipinski definition) is 6. The second-order valence-corrected chi connectivity index (χ2v) is 10.3. The lowest BCUT2D eigenvalue weighted by Crippen LogP contribution is -2.73. The topological polar surface area (TPSA) is 73.8 Å². The number of fused-ring (bicyclic) bond motifs is 3. The smallest absolute Gasteiger partial charge is 0.321 e. The predicted octanol–water partition coefficient (Wildman–Crippen LogP) is 3.97. The van der Waals surface area contributed by atoms with Gasteiger partial charge in [0.2, 0.25) is 5.28 Å². The highest BCUT2D eigenvalue weighted by atomic mass is 35.5. The number of carbonyl (C=O) groups excluding carboxylic acids is 1. The lowest BCUT2D eigenvalue weighted by Gasteiger charge is -2.58. The zero-order chi connectivity index (χ0) is 25.1. The first-order valence-electron chi connectivity index (χ1n) is 12.1. The minimum atomic E-state index is -2.91. The van der Waals surface area contributed by atoms with Crippen LogP contribution in [0, 0.1) is 5.82 Å². The summed E-state index contributed by atoms with van der Waals surface area (Å²) in [5.41, 5.74) is 0.770. The summed E-state index contributed by atoms with van der Waals surface area (Å²) in [6.07, 6.45) is -1.90. The molecule has 4 saturated heterocycles.